The Morgan fingerprint density at radius 3 is 1.72 bits per heavy atom. The number of nitrogens with zero attached hydrogens (tertiary/aromatic N) is 2. The molecule has 0 aliphatic carbocycles. The minimum atomic E-state index is -3.39. The number of pyridine rings is 1. The molecule has 2 aliphatic heterocycles. The number of rotatable bonds is 6. The molecule has 3 heterocycles. The molecule has 3 aromatic rings. The number of benzene rings is 2. The van der Waals surface area contributed by atoms with Gasteiger partial charge in [0.15, 0.2) is 19.7 Å². The third kappa shape index (κ3) is 3.81. The summed E-state index contributed by atoms with van der Waals surface area (Å²) in [6, 6.07) is 16.3. The van der Waals surface area contributed by atoms with Crippen molar-refractivity contribution in [2.24, 2.45) is 0 Å². The first-order valence-electron chi connectivity index (χ1n) is 10.1. The highest BCUT2D eigenvalue weighted by Crippen LogP contribution is 2.33. The number of aromatic nitrogens is 1. The number of sulfone groups is 2. The van der Waals surface area contributed by atoms with Crippen LogP contribution in [0.3, 0.4) is 0 Å². The zero-order valence-corrected chi connectivity index (χ0v) is 18.7. The minimum absolute atomic E-state index is 0.322. The van der Waals surface area contributed by atoms with Crippen molar-refractivity contribution in [3.8, 4) is 0 Å². The van der Waals surface area contributed by atoms with E-state index in [2.05, 4.69) is 9.88 Å². The lowest BCUT2D eigenvalue weighted by molar-refractivity contribution is 0.244. The molecule has 0 unspecified atom stereocenters. The molecule has 0 bridgehead atoms. The van der Waals surface area contributed by atoms with E-state index in [0.717, 1.165) is 16.8 Å². The number of hydrogen-bond acceptors (Lipinski definition) is 6. The molecule has 0 fully saturated rings. The first kappa shape index (κ1) is 20.8. The van der Waals surface area contributed by atoms with Crippen molar-refractivity contribution in [1.82, 2.24) is 9.88 Å². The predicted molar refractivity (Wildman–Crippen MR) is 123 cm³/mol. The number of fused-ring (bicyclic) bond motifs is 2. The SMILES string of the molecule is O=S1(=O)C=Cc2c(CN(Cc3ccccn3)Cc3cccc4c3C=CS4(=O)=O)cccc21. The molecule has 0 radical (unpaired) electrons. The normalized spacial score (nSPS) is 16.9. The molecule has 162 valence electrons. The van der Waals surface area contributed by atoms with Crippen LogP contribution in [0, 0.1) is 0 Å². The van der Waals surface area contributed by atoms with Crippen LogP contribution in [0.5, 0.6) is 0 Å². The Morgan fingerprint density at radius 2 is 1.22 bits per heavy atom. The Bertz CT molecular complexity index is 1380. The van der Waals surface area contributed by atoms with Gasteiger partial charge < -0.3 is 0 Å². The van der Waals surface area contributed by atoms with Crippen LogP contribution in [-0.2, 0) is 39.3 Å². The Balaban J connectivity index is 1.51. The van der Waals surface area contributed by atoms with E-state index in [1.165, 1.54) is 10.8 Å². The van der Waals surface area contributed by atoms with E-state index in [9.17, 15) is 16.8 Å². The fourth-order valence-electron chi connectivity index (χ4n) is 4.16. The number of hydrogen-bond donors (Lipinski definition) is 0. The molecule has 0 N–H and O–H groups in total. The van der Waals surface area contributed by atoms with Gasteiger partial charge in [0.05, 0.1) is 15.5 Å². The molecule has 1 aromatic heterocycles. The van der Waals surface area contributed by atoms with Gasteiger partial charge in [0, 0.05) is 36.6 Å². The highest BCUT2D eigenvalue weighted by Gasteiger charge is 2.25. The lowest BCUT2D eigenvalue weighted by Crippen LogP contribution is -2.24. The molecule has 0 saturated carbocycles. The second-order valence-electron chi connectivity index (χ2n) is 7.82. The second-order valence-corrected chi connectivity index (χ2v) is 11.4. The summed E-state index contributed by atoms with van der Waals surface area (Å²) in [4.78, 5) is 7.22. The van der Waals surface area contributed by atoms with Crippen molar-refractivity contribution in [3.05, 3.63) is 99.6 Å². The molecule has 0 amide bonds. The van der Waals surface area contributed by atoms with E-state index in [-0.39, 0.29) is 0 Å². The molecule has 8 heteroatoms. The fraction of sp³-hybridized carbons (Fsp3) is 0.125. The van der Waals surface area contributed by atoms with E-state index in [1.54, 1.807) is 42.6 Å². The summed E-state index contributed by atoms with van der Waals surface area (Å²) in [6.45, 7) is 1.50. The maximum absolute atomic E-state index is 12.3. The van der Waals surface area contributed by atoms with Gasteiger partial charge in [-0.3, -0.25) is 9.88 Å². The van der Waals surface area contributed by atoms with Crippen molar-refractivity contribution in [1.29, 1.82) is 0 Å². The van der Waals surface area contributed by atoms with Crippen molar-refractivity contribution in [3.63, 3.8) is 0 Å². The highest BCUT2D eigenvalue weighted by atomic mass is 32.2. The van der Waals surface area contributed by atoms with Crippen LogP contribution in [-0.4, -0.2) is 26.7 Å². The zero-order valence-electron chi connectivity index (χ0n) is 17.0. The Morgan fingerprint density at radius 1 is 0.656 bits per heavy atom. The van der Waals surface area contributed by atoms with E-state index < -0.39 is 19.7 Å². The molecule has 0 saturated heterocycles. The molecule has 0 atom stereocenters. The molecule has 2 aliphatic rings. The van der Waals surface area contributed by atoms with Gasteiger partial charge in [-0.2, -0.15) is 0 Å². The van der Waals surface area contributed by atoms with Gasteiger partial charge in [-0.05, 0) is 58.7 Å². The van der Waals surface area contributed by atoms with Gasteiger partial charge in [-0.1, -0.05) is 30.3 Å². The topological polar surface area (TPSA) is 84.4 Å². The van der Waals surface area contributed by atoms with Gasteiger partial charge in [0.2, 0.25) is 0 Å². The summed E-state index contributed by atoms with van der Waals surface area (Å²) in [5, 5.41) is 2.48. The summed E-state index contributed by atoms with van der Waals surface area (Å²) in [5.74, 6) is 0. The quantitative estimate of drug-likeness (QED) is 0.552. The molecule has 6 nitrogen and oxygen atoms in total. The van der Waals surface area contributed by atoms with Crippen molar-refractivity contribution < 1.29 is 16.8 Å². The van der Waals surface area contributed by atoms with Gasteiger partial charge in [-0.25, -0.2) is 16.8 Å². The summed E-state index contributed by atoms with van der Waals surface area (Å²) in [7, 11) is -6.78. The standard InChI is InChI=1S/C24H20N2O4S2/c27-31(28)13-10-21-18(5-3-8-23(21)31)15-26(17-20-7-1-2-12-25-20)16-19-6-4-9-24-22(19)11-14-32(24,29)30/h1-14H,15-17H2. The van der Waals surface area contributed by atoms with E-state index in [0.29, 0.717) is 40.6 Å². The Hall–Kier alpha value is -3.07. The fourth-order valence-corrected chi connectivity index (χ4v) is 6.63. The Kier molecular flexibility index (Phi) is 5.08. The lowest BCUT2D eigenvalue weighted by Gasteiger charge is -2.24. The molecule has 2 aromatic carbocycles. The highest BCUT2D eigenvalue weighted by molar-refractivity contribution is 7.95. The average Bonchev–Trinajstić information content (AvgIpc) is 3.26. The van der Waals surface area contributed by atoms with E-state index in [1.807, 2.05) is 30.3 Å². The van der Waals surface area contributed by atoms with Gasteiger partial charge in [0.1, 0.15) is 0 Å². The third-order valence-corrected chi connectivity index (χ3v) is 8.58. The smallest absolute Gasteiger partial charge is 0.200 e. The van der Waals surface area contributed by atoms with Crippen LogP contribution in [0.1, 0.15) is 27.9 Å². The van der Waals surface area contributed by atoms with Crippen molar-refractivity contribution >= 4 is 31.8 Å². The summed E-state index contributed by atoms with van der Waals surface area (Å²) in [5.41, 5.74) is 4.08. The summed E-state index contributed by atoms with van der Waals surface area (Å²) >= 11 is 0. The van der Waals surface area contributed by atoms with E-state index >= 15 is 0 Å². The minimum Gasteiger partial charge on any atom is -0.289 e. The van der Waals surface area contributed by atoms with Crippen LogP contribution < -0.4 is 0 Å². The average molecular weight is 465 g/mol. The third-order valence-electron chi connectivity index (χ3n) is 5.65. The maximum Gasteiger partial charge on any atom is 0.200 e. The summed E-state index contributed by atoms with van der Waals surface area (Å²) < 4.78 is 49.1. The van der Waals surface area contributed by atoms with Crippen LogP contribution >= 0.6 is 0 Å². The van der Waals surface area contributed by atoms with Gasteiger partial charge >= 0.3 is 0 Å². The molecular formula is C24H20N2O4S2. The summed E-state index contributed by atoms with van der Waals surface area (Å²) in [6.07, 6.45) is 5.03. The lowest BCUT2D eigenvalue weighted by atomic mass is 10.0. The van der Waals surface area contributed by atoms with Crippen LogP contribution in [0.2, 0.25) is 0 Å². The van der Waals surface area contributed by atoms with Crippen LogP contribution in [0.4, 0.5) is 0 Å². The molecule has 5 rings (SSSR count). The maximum atomic E-state index is 12.3. The van der Waals surface area contributed by atoms with Crippen molar-refractivity contribution in [2.45, 2.75) is 29.4 Å². The predicted octanol–water partition coefficient (Wildman–Crippen LogP) is 3.80. The van der Waals surface area contributed by atoms with Crippen LogP contribution in [0.15, 0.2) is 81.4 Å². The Labute approximate surface area is 187 Å². The monoisotopic (exact) mass is 464 g/mol. The van der Waals surface area contributed by atoms with Crippen LogP contribution in [0.25, 0.3) is 12.2 Å². The molecular weight excluding hydrogens is 444 g/mol. The second kappa shape index (κ2) is 7.81. The zero-order chi connectivity index (χ0) is 22.3. The molecule has 32 heavy (non-hydrogen) atoms. The van der Waals surface area contributed by atoms with Gasteiger partial charge in [0.25, 0.3) is 0 Å². The largest absolute Gasteiger partial charge is 0.289 e. The first-order valence-corrected chi connectivity index (χ1v) is 13.2. The van der Waals surface area contributed by atoms with Gasteiger partial charge in [-0.15, -0.1) is 0 Å². The first-order chi connectivity index (χ1) is 15.3. The van der Waals surface area contributed by atoms with E-state index in [4.69, 9.17) is 0 Å². The van der Waals surface area contributed by atoms with Crippen molar-refractivity contribution in [2.75, 3.05) is 0 Å². The molecule has 0 spiro atoms.